The number of para-hydroxylation sites is 1. The number of carbonyl (C=O) groups is 1. The molecule has 1 fully saturated rings. The van der Waals surface area contributed by atoms with Crippen LogP contribution in [-0.4, -0.2) is 26.2 Å². The first-order valence-corrected chi connectivity index (χ1v) is 10.3. The second kappa shape index (κ2) is 8.34. The van der Waals surface area contributed by atoms with E-state index in [1.807, 2.05) is 67.6 Å². The Morgan fingerprint density at radius 1 is 0.742 bits per heavy atom. The van der Waals surface area contributed by atoms with Crippen molar-refractivity contribution in [2.24, 2.45) is 0 Å². The third-order valence-corrected chi connectivity index (χ3v) is 5.91. The van der Waals surface area contributed by atoms with E-state index in [-0.39, 0.29) is 11.9 Å². The highest BCUT2D eigenvalue weighted by Crippen LogP contribution is 2.44. The molecule has 1 aliphatic heterocycles. The molecule has 2 atom stereocenters. The van der Waals surface area contributed by atoms with Crippen molar-refractivity contribution >= 4 is 11.6 Å². The maximum absolute atomic E-state index is 13.3. The summed E-state index contributed by atoms with van der Waals surface area (Å²) < 4.78 is 17.1. The summed E-state index contributed by atoms with van der Waals surface area (Å²) in [6.45, 7) is 6.09. The molecular formula is C26H27NO4. The van der Waals surface area contributed by atoms with Gasteiger partial charge in [0, 0.05) is 5.69 Å². The molecule has 0 radical (unpaired) electrons. The smallest absolute Gasteiger partial charge is 0.271 e. The molecule has 3 aromatic carbocycles. The number of hydrogen-bond donors (Lipinski definition) is 0. The molecule has 3 aromatic rings. The van der Waals surface area contributed by atoms with Crippen LogP contribution in [0.5, 0.6) is 17.2 Å². The third-order valence-electron chi connectivity index (χ3n) is 5.91. The van der Waals surface area contributed by atoms with E-state index < -0.39 is 6.10 Å². The number of anilines is 1. The molecule has 2 unspecified atom stereocenters. The van der Waals surface area contributed by atoms with Crippen molar-refractivity contribution in [2.45, 2.75) is 32.9 Å². The Morgan fingerprint density at radius 3 is 2.16 bits per heavy atom. The molecule has 0 saturated carbocycles. The van der Waals surface area contributed by atoms with Crippen molar-refractivity contribution in [1.29, 1.82) is 0 Å². The lowest BCUT2D eigenvalue weighted by Gasteiger charge is -2.47. The molecule has 1 saturated heterocycles. The lowest BCUT2D eigenvalue weighted by Crippen LogP contribution is -2.61. The largest absolute Gasteiger partial charge is 0.493 e. The molecule has 0 N–H and O–H groups in total. The van der Waals surface area contributed by atoms with Gasteiger partial charge in [-0.2, -0.15) is 0 Å². The summed E-state index contributed by atoms with van der Waals surface area (Å²) in [5, 5.41) is 0. The van der Waals surface area contributed by atoms with Gasteiger partial charge in [-0.1, -0.05) is 30.3 Å². The molecule has 1 amide bonds. The predicted molar refractivity (Wildman–Crippen MR) is 121 cm³/mol. The van der Waals surface area contributed by atoms with Gasteiger partial charge in [-0.25, -0.2) is 0 Å². The van der Waals surface area contributed by atoms with Gasteiger partial charge < -0.3 is 14.2 Å². The summed E-state index contributed by atoms with van der Waals surface area (Å²) in [6.07, 6.45) is -0.624. The molecular weight excluding hydrogens is 390 g/mol. The fraction of sp³-hybridized carbons (Fsp3) is 0.269. The van der Waals surface area contributed by atoms with E-state index in [9.17, 15) is 4.79 Å². The maximum Gasteiger partial charge on any atom is 0.271 e. The van der Waals surface area contributed by atoms with Crippen LogP contribution in [0.3, 0.4) is 0 Å². The molecule has 160 valence electrons. The van der Waals surface area contributed by atoms with Crippen LogP contribution in [0.15, 0.2) is 60.7 Å². The van der Waals surface area contributed by atoms with E-state index in [4.69, 9.17) is 14.2 Å². The Labute approximate surface area is 183 Å². The quantitative estimate of drug-likeness (QED) is 0.520. The molecule has 1 heterocycles. The highest BCUT2D eigenvalue weighted by molar-refractivity contribution is 6.05. The van der Waals surface area contributed by atoms with E-state index in [1.165, 1.54) is 5.56 Å². The van der Waals surface area contributed by atoms with Gasteiger partial charge in [-0.05, 0) is 73.4 Å². The monoisotopic (exact) mass is 417 g/mol. The highest BCUT2D eigenvalue weighted by Gasteiger charge is 2.51. The molecule has 31 heavy (non-hydrogen) atoms. The van der Waals surface area contributed by atoms with Crippen molar-refractivity contribution in [1.82, 2.24) is 0 Å². The van der Waals surface area contributed by atoms with Gasteiger partial charge in [-0.3, -0.25) is 9.69 Å². The lowest BCUT2D eigenvalue weighted by atomic mass is 9.89. The van der Waals surface area contributed by atoms with Gasteiger partial charge in [0.25, 0.3) is 5.91 Å². The number of aryl methyl sites for hydroxylation is 3. The standard InChI is InChI=1S/C26H27NO4/c1-16-10-12-20(14-18(16)3)27-24(19-11-13-22(29-4)23(15-19)30-5)25(26(27)28)31-21-9-7-6-8-17(21)2/h6-15,24-25H,1-5H3. The van der Waals surface area contributed by atoms with Crippen LogP contribution < -0.4 is 19.1 Å². The van der Waals surface area contributed by atoms with Crippen LogP contribution in [0.1, 0.15) is 28.3 Å². The molecule has 0 spiro atoms. The summed E-state index contributed by atoms with van der Waals surface area (Å²) >= 11 is 0. The number of methoxy groups -OCH3 is 2. The minimum atomic E-state index is -0.624. The first-order chi connectivity index (χ1) is 14.9. The van der Waals surface area contributed by atoms with Crippen molar-refractivity contribution in [2.75, 3.05) is 19.1 Å². The van der Waals surface area contributed by atoms with E-state index in [0.717, 1.165) is 22.4 Å². The average molecular weight is 418 g/mol. The number of carbonyl (C=O) groups excluding carboxylic acids is 1. The van der Waals surface area contributed by atoms with Gasteiger partial charge in [-0.15, -0.1) is 0 Å². The van der Waals surface area contributed by atoms with Gasteiger partial charge >= 0.3 is 0 Å². The molecule has 0 bridgehead atoms. The Kier molecular flexibility index (Phi) is 5.59. The van der Waals surface area contributed by atoms with Crippen LogP contribution in [-0.2, 0) is 4.79 Å². The summed E-state index contributed by atoms with van der Waals surface area (Å²) in [5.41, 5.74) is 5.10. The fourth-order valence-corrected chi connectivity index (χ4v) is 3.93. The Bertz CT molecular complexity index is 1120. The Balaban J connectivity index is 1.76. The topological polar surface area (TPSA) is 48.0 Å². The average Bonchev–Trinajstić information content (AvgIpc) is 2.78. The molecule has 5 nitrogen and oxygen atoms in total. The van der Waals surface area contributed by atoms with E-state index in [0.29, 0.717) is 17.2 Å². The number of ether oxygens (including phenoxy) is 3. The Morgan fingerprint density at radius 2 is 1.48 bits per heavy atom. The SMILES string of the molecule is COc1ccc(C2C(Oc3ccccc3C)C(=O)N2c2ccc(C)c(C)c2)cc1OC. The number of amides is 1. The minimum Gasteiger partial charge on any atom is -0.493 e. The van der Waals surface area contributed by atoms with Gasteiger partial charge in [0.1, 0.15) is 11.8 Å². The zero-order valence-electron chi connectivity index (χ0n) is 18.5. The number of hydrogen-bond acceptors (Lipinski definition) is 4. The van der Waals surface area contributed by atoms with E-state index >= 15 is 0 Å². The molecule has 1 aliphatic rings. The Hall–Kier alpha value is -3.47. The maximum atomic E-state index is 13.3. The summed E-state index contributed by atoms with van der Waals surface area (Å²) in [6, 6.07) is 19.3. The van der Waals surface area contributed by atoms with Crippen LogP contribution >= 0.6 is 0 Å². The lowest BCUT2D eigenvalue weighted by molar-refractivity contribution is -0.135. The number of β-lactam (4-membered cyclic amide) rings is 1. The summed E-state index contributed by atoms with van der Waals surface area (Å²) in [4.78, 5) is 15.1. The minimum absolute atomic E-state index is 0.0636. The number of nitrogens with zero attached hydrogens (tertiary/aromatic N) is 1. The molecule has 5 heteroatoms. The van der Waals surface area contributed by atoms with E-state index in [2.05, 4.69) is 13.8 Å². The van der Waals surface area contributed by atoms with E-state index in [1.54, 1.807) is 19.1 Å². The molecule has 4 rings (SSSR count). The molecule has 0 aliphatic carbocycles. The zero-order chi connectivity index (χ0) is 22.1. The van der Waals surface area contributed by atoms with Crippen LogP contribution in [0.25, 0.3) is 0 Å². The van der Waals surface area contributed by atoms with Crippen molar-refractivity contribution < 1.29 is 19.0 Å². The van der Waals surface area contributed by atoms with Crippen molar-refractivity contribution in [3.05, 3.63) is 82.9 Å². The van der Waals surface area contributed by atoms with Crippen LogP contribution in [0.4, 0.5) is 5.69 Å². The van der Waals surface area contributed by atoms with Gasteiger partial charge in [0.15, 0.2) is 11.5 Å². The summed E-state index contributed by atoms with van der Waals surface area (Å²) in [5.74, 6) is 1.91. The number of rotatable bonds is 6. The first kappa shape index (κ1) is 20.8. The summed E-state index contributed by atoms with van der Waals surface area (Å²) in [7, 11) is 3.21. The normalized spacial score (nSPS) is 17.8. The van der Waals surface area contributed by atoms with Crippen molar-refractivity contribution in [3.63, 3.8) is 0 Å². The fourth-order valence-electron chi connectivity index (χ4n) is 3.93. The van der Waals surface area contributed by atoms with Gasteiger partial charge in [0.05, 0.1) is 14.2 Å². The second-order valence-electron chi connectivity index (χ2n) is 7.84. The number of benzene rings is 3. The predicted octanol–water partition coefficient (Wildman–Crippen LogP) is 5.16. The zero-order valence-corrected chi connectivity index (χ0v) is 18.5. The van der Waals surface area contributed by atoms with Crippen LogP contribution in [0.2, 0.25) is 0 Å². The van der Waals surface area contributed by atoms with Gasteiger partial charge in [0.2, 0.25) is 6.10 Å². The second-order valence-corrected chi connectivity index (χ2v) is 7.84. The first-order valence-electron chi connectivity index (χ1n) is 10.3. The highest BCUT2D eigenvalue weighted by atomic mass is 16.5. The molecule has 0 aromatic heterocycles. The van der Waals surface area contributed by atoms with Crippen LogP contribution in [0, 0.1) is 20.8 Å². The van der Waals surface area contributed by atoms with Crippen molar-refractivity contribution in [3.8, 4) is 17.2 Å². The third kappa shape index (κ3) is 3.72.